The van der Waals surface area contributed by atoms with E-state index in [2.05, 4.69) is 5.32 Å². The number of methoxy groups -OCH3 is 2. The number of benzene rings is 1. The Balaban J connectivity index is 2.91. The molecule has 0 unspecified atom stereocenters. The molecule has 0 radical (unpaired) electrons. The summed E-state index contributed by atoms with van der Waals surface area (Å²) in [6.07, 6.45) is 0. The normalized spacial score (nSPS) is 10.2. The van der Waals surface area contributed by atoms with Crippen molar-refractivity contribution in [3.63, 3.8) is 0 Å². The van der Waals surface area contributed by atoms with E-state index >= 15 is 0 Å². The van der Waals surface area contributed by atoms with E-state index in [0.717, 1.165) is 5.56 Å². The SMILES string of the molecule is COc1cc(Cl)cc(CNCCO)c1OC. The zero-order valence-electron chi connectivity index (χ0n) is 9.42. The van der Waals surface area contributed by atoms with Crippen LogP contribution in [-0.2, 0) is 6.54 Å². The van der Waals surface area contributed by atoms with Crippen molar-refractivity contribution >= 4 is 11.6 Å². The molecule has 0 amide bonds. The highest BCUT2D eigenvalue weighted by atomic mass is 35.5. The highest BCUT2D eigenvalue weighted by molar-refractivity contribution is 6.30. The van der Waals surface area contributed by atoms with Crippen molar-refractivity contribution < 1.29 is 14.6 Å². The van der Waals surface area contributed by atoms with Gasteiger partial charge in [0, 0.05) is 29.7 Å². The zero-order chi connectivity index (χ0) is 12.0. The highest BCUT2D eigenvalue weighted by Gasteiger charge is 2.11. The first-order valence-corrected chi connectivity index (χ1v) is 5.32. The van der Waals surface area contributed by atoms with E-state index in [4.69, 9.17) is 26.2 Å². The van der Waals surface area contributed by atoms with Gasteiger partial charge in [-0.2, -0.15) is 0 Å². The molecule has 90 valence electrons. The minimum atomic E-state index is 0.0972. The molecule has 1 aromatic rings. The van der Waals surface area contributed by atoms with Crippen LogP contribution in [0.5, 0.6) is 11.5 Å². The van der Waals surface area contributed by atoms with Gasteiger partial charge in [-0.3, -0.25) is 0 Å². The van der Waals surface area contributed by atoms with Crippen LogP contribution in [0.2, 0.25) is 5.02 Å². The van der Waals surface area contributed by atoms with Crippen molar-refractivity contribution in [2.75, 3.05) is 27.4 Å². The summed E-state index contributed by atoms with van der Waals surface area (Å²) in [7, 11) is 3.15. The minimum Gasteiger partial charge on any atom is -0.493 e. The summed E-state index contributed by atoms with van der Waals surface area (Å²) in [6, 6.07) is 3.52. The Kier molecular flexibility index (Phi) is 5.38. The predicted octanol–water partition coefficient (Wildman–Crippen LogP) is 1.44. The molecular formula is C11H16ClNO3. The van der Waals surface area contributed by atoms with Gasteiger partial charge in [0.25, 0.3) is 0 Å². The number of ether oxygens (including phenoxy) is 2. The maximum Gasteiger partial charge on any atom is 0.165 e. The second-order valence-corrected chi connectivity index (χ2v) is 3.64. The molecular weight excluding hydrogens is 230 g/mol. The minimum absolute atomic E-state index is 0.0972. The molecule has 0 atom stereocenters. The predicted molar refractivity (Wildman–Crippen MR) is 63.3 cm³/mol. The quantitative estimate of drug-likeness (QED) is 0.745. The molecule has 0 heterocycles. The molecule has 0 aliphatic rings. The number of hydrogen-bond acceptors (Lipinski definition) is 4. The van der Waals surface area contributed by atoms with Gasteiger partial charge >= 0.3 is 0 Å². The lowest BCUT2D eigenvalue weighted by Crippen LogP contribution is -2.18. The van der Waals surface area contributed by atoms with E-state index in [-0.39, 0.29) is 6.61 Å². The lowest BCUT2D eigenvalue weighted by molar-refractivity contribution is 0.291. The Morgan fingerprint density at radius 1 is 1.31 bits per heavy atom. The summed E-state index contributed by atoms with van der Waals surface area (Å²) >= 11 is 5.96. The van der Waals surface area contributed by atoms with Crippen LogP contribution in [0.15, 0.2) is 12.1 Å². The van der Waals surface area contributed by atoms with E-state index in [1.807, 2.05) is 6.07 Å². The van der Waals surface area contributed by atoms with E-state index in [0.29, 0.717) is 29.6 Å². The summed E-state index contributed by atoms with van der Waals surface area (Å²) in [5, 5.41) is 12.3. The van der Waals surface area contributed by atoms with Gasteiger partial charge < -0.3 is 19.9 Å². The van der Waals surface area contributed by atoms with E-state index in [1.54, 1.807) is 20.3 Å². The molecule has 0 aromatic heterocycles. The molecule has 4 nitrogen and oxygen atoms in total. The number of aliphatic hydroxyl groups is 1. The molecule has 0 spiro atoms. The number of hydrogen-bond donors (Lipinski definition) is 2. The lowest BCUT2D eigenvalue weighted by atomic mass is 10.2. The van der Waals surface area contributed by atoms with Gasteiger partial charge in [0.1, 0.15) is 0 Å². The summed E-state index contributed by atoms with van der Waals surface area (Å²) in [6.45, 7) is 1.19. The number of aliphatic hydroxyl groups excluding tert-OH is 1. The van der Waals surface area contributed by atoms with Gasteiger partial charge in [-0.15, -0.1) is 0 Å². The highest BCUT2D eigenvalue weighted by Crippen LogP contribution is 2.34. The second kappa shape index (κ2) is 6.58. The first-order chi connectivity index (χ1) is 7.72. The van der Waals surface area contributed by atoms with Crippen LogP contribution in [0.25, 0.3) is 0 Å². The number of halogens is 1. The van der Waals surface area contributed by atoms with Gasteiger partial charge in [-0.05, 0) is 6.07 Å². The largest absolute Gasteiger partial charge is 0.493 e. The third kappa shape index (κ3) is 3.27. The Labute approximate surface area is 100 Å². The molecule has 16 heavy (non-hydrogen) atoms. The topological polar surface area (TPSA) is 50.7 Å². The first-order valence-electron chi connectivity index (χ1n) is 4.95. The fourth-order valence-corrected chi connectivity index (χ4v) is 1.67. The Morgan fingerprint density at radius 2 is 2.06 bits per heavy atom. The lowest BCUT2D eigenvalue weighted by Gasteiger charge is -2.13. The van der Waals surface area contributed by atoms with Crippen LogP contribution in [0, 0.1) is 0 Å². The summed E-state index contributed by atoms with van der Waals surface area (Å²) in [5.74, 6) is 1.27. The molecule has 0 saturated carbocycles. The summed E-state index contributed by atoms with van der Waals surface area (Å²) < 4.78 is 10.4. The molecule has 0 bridgehead atoms. The van der Waals surface area contributed by atoms with Gasteiger partial charge in [0.15, 0.2) is 11.5 Å². The van der Waals surface area contributed by atoms with Gasteiger partial charge in [0.2, 0.25) is 0 Å². The van der Waals surface area contributed by atoms with Gasteiger partial charge in [-0.1, -0.05) is 11.6 Å². The van der Waals surface area contributed by atoms with E-state index in [1.165, 1.54) is 0 Å². The fraction of sp³-hybridized carbons (Fsp3) is 0.455. The molecule has 0 fully saturated rings. The average molecular weight is 246 g/mol. The first kappa shape index (κ1) is 13.1. The molecule has 0 aliphatic heterocycles. The Morgan fingerprint density at radius 3 is 2.62 bits per heavy atom. The van der Waals surface area contributed by atoms with Crippen LogP contribution in [0.3, 0.4) is 0 Å². The van der Waals surface area contributed by atoms with Crippen LogP contribution >= 0.6 is 11.6 Å². The van der Waals surface area contributed by atoms with Crippen molar-refractivity contribution in [2.45, 2.75) is 6.54 Å². The van der Waals surface area contributed by atoms with E-state index < -0.39 is 0 Å². The van der Waals surface area contributed by atoms with Crippen LogP contribution in [0.1, 0.15) is 5.56 Å². The van der Waals surface area contributed by atoms with Crippen LogP contribution < -0.4 is 14.8 Å². The molecule has 5 heteroatoms. The van der Waals surface area contributed by atoms with E-state index in [9.17, 15) is 0 Å². The molecule has 0 aliphatic carbocycles. The van der Waals surface area contributed by atoms with Crippen molar-refractivity contribution in [2.24, 2.45) is 0 Å². The molecule has 2 N–H and O–H groups in total. The third-order valence-electron chi connectivity index (χ3n) is 2.12. The molecule has 1 aromatic carbocycles. The van der Waals surface area contributed by atoms with Gasteiger partial charge in [-0.25, -0.2) is 0 Å². The fourth-order valence-electron chi connectivity index (χ4n) is 1.44. The number of nitrogens with one attached hydrogen (secondary N) is 1. The van der Waals surface area contributed by atoms with Crippen molar-refractivity contribution in [3.8, 4) is 11.5 Å². The molecule has 1 rings (SSSR count). The summed E-state index contributed by atoms with van der Waals surface area (Å²) in [5.41, 5.74) is 0.903. The summed E-state index contributed by atoms with van der Waals surface area (Å²) in [4.78, 5) is 0. The Hall–Kier alpha value is -0.970. The van der Waals surface area contributed by atoms with Crippen LogP contribution in [-0.4, -0.2) is 32.5 Å². The average Bonchev–Trinajstić information content (AvgIpc) is 2.28. The maximum absolute atomic E-state index is 8.68. The van der Waals surface area contributed by atoms with Crippen molar-refractivity contribution in [1.82, 2.24) is 5.32 Å². The molecule has 0 saturated heterocycles. The van der Waals surface area contributed by atoms with Crippen molar-refractivity contribution in [3.05, 3.63) is 22.7 Å². The Bertz CT molecular complexity index is 344. The van der Waals surface area contributed by atoms with Crippen molar-refractivity contribution in [1.29, 1.82) is 0 Å². The monoisotopic (exact) mass is 245 g/mol. The third-order valence-corrected chi connectivity index (χ3v) is 2.34. The standard InChI is InChI=1S/C11H16ClNO3/c1-15-10-6-9(12)5-8(11(10)16-2)7-13-3-4-14/h5-6,13-14H,3-4,7H2,1-2H3. The van der Waals surface area contributed by atoms with Gasteiger partial charge in [0.05, 0.1) is 20.8 Å². The smallest absolute Gasteiger partial charge is 0.165 e. The number of rotatable bonds is 6. The zero-order valence-corrected chi connectivity index (χ0v) is 10.2. The maximum atomic E-state index is 8.68. The van der Waals surface area contributed by atoms with Crippen LogP contribution in [0.4, 0.5) is 0 Å². The second-order valence-electron chi connectivity index (χ2n) is 3.20.